The average molecular weight is 395 g/mol. The molecular weight excluding hydrogens is 370 g/mol. The molecule has 0 unspecified atom stereocenters. The molecule has 0 radical (unpaired) electrons. The van der Waals surface area contributed by atoms with Crippen LogP contribution in [0, 0.1) is 0 Å². The summed E-state index contributed by atoms with van der Waals surface area (Å²) >= 11 is 0. The van der Waals surface area contributed by atoms with E-state index in [1.807, 2.05) is 24.3 Å². The van der Waals surface area contributed by atoms with E-state index in [2.05, 4.69) is 16.0 Å². The van der Waals surface area contributed by atoms with Gasteiger partial charge in [0, 0.05) is 23.7 Å². The maximum Gasteiger partial charge on any atom is 0.321 e. The minimum atomic E-state index is -0.560. The molecule has 0 saturated heterocycles. The molecule has 0 bridgehead atoms. The van der Waals surface area contributed by atoms with E-state index in [9.17, 15) is 14.4 Å². The quantitative estimate of drug-likeness (QED) is 0.671. The van der Waals surface area contributed by atoms with E-state index in [1.54, 1.807) is 19.2 Å². The van der Waals surface area contributed by atoms with Crippen LogP contribution in [-0.2, 0) is 6.42 Å². The van der Waals surface area contributed by atoms with Gasteiger partial charge in [-0.15, -0.1) is 0 Å². The Morgan fingerprint density at radius 1 is 0.931 bits per heavy atom. The summed E-state index contributed by atoms with van der Waals surface area (Å²) in [5.41, 5.74) is 1.86. The fraction of sp³-hybridized carbons (Fsp3) is 0.318. The van der Waals surface area contributed by atoms with Crippen LogP contribution in [0.15, 0.2) is 48.5 Å². The van der Waals surface area contributed by atoms with Crippen molar-refractivity contribution in [3.8, 4) is 5.75 Å². The third kappa shape index (κ3) is 5.81. The topological polar surface area (TPSA) is 96.5 Å². The molecule has 152 valence electrons. The monoisotopic (exact) mass is 395 g/mol. The minimum absolute atomic E-state index is 0.141. The number of rotatable bonds is 7. The molecule has 3 N–H and O–H groups in total. The zero-order valence-electron chi connectivity index (χ0n) is 16.4. The van der Waals surface area contributed by atoms with Crippen molar-refractivity contribution < 1.29 is 19.1 Å². The maximum atomic E-state index is 12.2. The highest BCUT2D eigenvalue weighted by molar-refractivity contribution is 6.04. The van der Waals surface area contributed by atoms with Crippen LogP contribution in [0.2, 0.25) is 0 Å². The second kappa shape index (κ2) is 9.73. The van der Waals surface area contributed by atoms with Gasteiger partial charge in [-0.25, -0.2) is 4.79 Å². The van der Waals surface area contributed by atoms with Crippen LogP contribution in [0.4, 0.5) is 4.79 Å². The van der Waals surface area contributed by atoms with Crippen LogP contribution in [0.3, 0.4) is 0 Å². The van der Waals surface area contributed by atoms with Gasteiger partial charge >= 0.3 is 6.03 Å². The Balaban J connectivity index is 1.42. The highest BCUT2D eigenvalue weighted by Gasteiger charge is 2.20. The van der Waals surface area contributed by atoms with Crippen molar-refractivity contribution >= 4 is 17.8 Å². The predicted octanol–water partition coefficient (Wildman–Crippen LogP) is 2.66. The Morgan fingerprint density at radius 3 is 2.10 bits per heavy atom. The van der Waals surface area contributed by atoms with E-state index in [0.29, 0.717) is 24.1 Å². The molecule has 7 nitrogen and oxygen atoms in total. The molecule has 1 saturated carbocycles. The van der Waals surface area contributed by atoms with E-state index in [1.165, 1.54) is 12.1 Å². The zero-order valence-corrected chi connectivity index (χ0v) is 16.4. The van der Waals surface area contributed by atoms with Gasteiger partial charge in [-0.2, -0.15) is 0 Å². The summed E-state index contributed by atoms with van der Waals surface area (Å²) in [6.07, 6.45) is 3.81. The summed E-state index contributed by atoms with van der Waals surface area (Å²) < 4.78 is 5.10. The Bertz CT molecular complexity index is 859. The largest absolute Gasteiger partial charge is 0.497 e. The number of carbonyl (C=O) groups is 3. The molecule has 0 aromatic heterocycles. The van der Waals surface area contributed by atoms with Crippen LogP contribution in [0.25, 0.3) is 0 Å². The lowest BCUT2D eigenvalue weighted by Crippen LogP contribution is -2.40. The van der Waals surface area contributed by atoms with E-state index in [4.69, 9.17) is 4.74 Å². The summed E-state index contributed by atoms with van der Waals surface area (Å²) in [5.74, 6) is 0.118. The first-order chi connectivity index (χ1) is 14.0. The van der Waals surface area contributed by atoms with E-state index < -0.39 is 11.9 Å². The number of ether oxygens (including phenoxy) is 1. The normalized spacial score (nSPS) is 13.1. The second-order valence-corrected chi connectivity index (χ2v) is 6.99. The molecule has 3 rings (SSSR count). The third-order valence-electron chi connectivity index (χ3n) is 4.94. The van der Waals surface area contributed by atoms with Crippen molar-refractivity contribution in [2.75, 3.05) is 13.7 Å². The third-order valence-corrected chi connectivity index (χ3v) is 4.94. The van der Waals surface area contributed by atoms with Crippen LogP contribution < -0.4 is 20.7 Å². The highest BCUT2D eigenvalue weighted by Crippen LogP contribution is 2.18. The molecule has 2 aromatic carbocycles. The number of carbonyl (C=O) groups excluding carboxylic acids is 3. The van der Waals surface area contributed by atoms with E-state index >= 15 is 0 Å². The van der Waals surface area contributed by atoms with Gasteiger partial charge in [0.1, 0.15) is 5.75 Å². The lowest BCUT2D eigenvalue weighted by Gasteiger charge is -2.26. The number of amides is 4. The average Bonchev–Trinajstić information content (AvgIpc) is 2.71. The van der Waals surface area contributed by atoms with Crippen LogP contribution in [-0.4, -0.2) is 37.5 Å². The Labute approximate surface area is 169 Å². The molecule has 1 fully saturated rings. The number of benzene rings is 2. The van der Waals surface area contributed by atoms with Gasteiger partial charge in [-0.05, 0) is 67.6 Å². The molecule has 1 aliphatic carbocycles. The summed E-state index contributed by atoms with van der Waals surface area (Å²) in [6.45, 7) is 0.395. The summed E-state index contributed by atoms with van der Waals surface area (Å²) in [4.78, 5) is 36.2. The minimum Gasteiger partial charge on any atom is -0.497 e. The Kier molecular flexibility index (Phi) is 6.84. The van der Waals surface area contributed by atoms with Crippen molar-refractivity contribution in [2.45, 2.75) is 31.7 Å². The maximum absolute atomic E-state index is 12.2. The fourth-order valence-corrected chi connectivity index (χ4v) is 2.93. The van der Waals surface area contributed by atoms with Crippen molar-refractivity contribution in [2.24, 2.45) is 0 Å². The predicted molar refractivity (Wildman–Crippen MR) is 109 cm³/mol. The van der Waals surface area contributed by atoms with Crippen molar-refractivity contribution in [3.63, 3.8) is 0 Å². The van der Waals surface area contributed by atoms with Gasteiger partial charge in [-0.3, -0.25) is 14.9 Å². The Hall–Kier alpha value is -3.35. The smallest absolute Gasteiger partial charge is 0.321 e. The molecule has 0 heterocycles. The van der Waals surface area contributed by atoms with Crippen molar-refractivity contribution in [3.05, 3.63) is 65.2 Å². The fourth-order valence-electron chi connectivity index (χ4n) is 2.93. The van der Waals surface area contributed by atoms with Crippen LogP contribution in [0.1, 0.15) is 45.5 Å². The first kappa shape index (κ1) is 20.4. The second-order valence-electron chi connectivity index (χ2n) is 6.99. The van der Waals surface area contributed by atoms with Crippen molar-refractivity contribution in [1.82, 2.24) is 16.0 Å². The molecule has 1 aliphatic rings. The molecule has 7 heteroatoms. The summed E-state index contributed by atoms with van der Waals surface area (Å²) in [7, 11) is 1.61. The molecule has 2 aromatic rings. The molecule has 0 spiro atoms. The molecule has 4 amide bonds. The molecule has 29 heavy (non-hydrogen) atoms. The lowest BCUT2D eigenvalue weighted by molar-refractivity contribution is 0.0913. The van der Waals surface area contributed by atoms with Crippen LogP contribution in [0.5, 0.6) is 5.75 Å². The highest BCUT2D eigenvalue weighted by atomic mass is 16.5. The van der Waals surface area contributed by atoms with E-state index in [0.717, 1.165) is 30.6 Å². The number of nitrogens with one attached hydrogen (secondary N) is 3. The number of hydrogen-bond donors (Lipinski definition) is 3. The molecule has 0 aliphatic heterocycles. The number of urea groups is 1. The van der Waals surface area contributed by atoms with Gasteiger partial charge in [0.15, 0.2) is 0 Å². The SMILES string of the molecule is COc1ccc(CCNC(=O)NC(=O)c2ccc(C(=O)NC3CCC3)cc2)cc1. The standard InChI is InChI=1S/C22H25N3O4/c1-29-19-11-5-15(6-12-19)13-14-23-22(28)25-21(27)17-9-7-16(8-10-17)20(26)24-18-3-2-4-18/h5-12,18H,2-4,13-14H2,1H3,(H,24,26)(H2,23,25,27,28). The van der Waals surface area contributed by atoms with Gasteiger partial charge in [-0.1, -0.05) is 12.1 Å². The van der Waals surface area contributed by atoms with Crippen molar-refractivity contribution in [1.29, 1.82) is 0 Å². The summed E-state index contributed by atoms with van der Waals surface area (Å²) in [5, 5.41) is 7.89. The first-order valence-electron chi connectivity index (χ1n) is 9.68. The number of hydrogen-bond acceptors (Lipinski definition) is 4. The zero-order chi connectivity index (χ0) is 20.6. The molecular formula is C22H25N3O4. The van der Waals surface area contributed by atoms with Gasteiger partial charge in [0.2, 0.25) is 0 Å². The van der Waals surface area contributed by atoms with Gasteiger partial charge in [0.05, 0.1) is 7.11 Å². The lowest BCUT2D eigenvalue weighted by atomic mass is 9.93. The van der Waals surface area contributed by atoms with Gasteiger partial charge in [0.25, 0.3) is 11.8 Å². The molecule has 0 atom stereocenters. The van der Waals surface area contributed by atoms with Crippen LogP contribution >= 0.6 is 0 Å². The summed E-state index contributed by atoms with van der Waals surface area (Å²) in [6, 6.07) is 13.5. The van der Waals surface area contributed by atoms with Gasteiger partial charge < -0.3 is 15.4 Å². The first-order valence-corrected chi connectivity index (χ1v) is 9.68. The number of methoxy groups -OCH3 is 1. The van der Waals surface area contributed by atoms with E-state index in [-0.39, 0.29) is 11.9 Å². The number of imide groups is 1. The Morgan fingerprint density at radius 2 is 1.55 bits per heavy atom.